The van der Waals surface area contributed by atoms with Crippen molar-refractivity contribution in [2.24, 2.45) is 23.2 Å². The molecule has 0 aliphatic heterocycles. The van der Waals surface area contributed by atoms with Crippen molar-refractivity contribution in [2.75, 3.05) is 7.05 Å². The zero-order chi connectivity index (χ0) is 23.5. The Hall–Kier alpha value is -2.29. The molecule has 2 atom stereocenters. The van der Waals surface area contributed by atoms with Gasteiger partial charge in [0.15, 0.2) is 0 Å². The summed E-state index contributed by atoms with van der Waals surface area (Å²) in [6.07, 6.45) is 2.76. The number of carbonyl (C=O) groups is 2. The van der Waals surface area contributed by atoms with E-state index in [1.807, 2.05) is 0 Å². The summed E-state index contributed by atoms with van der Waals surface area (Å²) in [6.45, 7) is 3.18. The zero-order valence-electron chi connectivity index (χ0n) is 18.5. The standard InChI is InChI=1S/C23H30F3N3O3/c1-21(2,20(31)27-3)5-7-29-6-4-16(18(29)23(24,25)26)19(30)28-17-14-8-13-9-15(17)12-22(32,10-13)11-14/h4-7,13-15,17,32H,8-12H2,1-3H3,(H,27,31)(H,28,30)/b7-5+/t13?,14?,15?,17-,22-. The topological polar surface area (TPSA) is 83.4 Å². The SMILES string of the molecule is CNC(=O)C(C)(C)/C=C/n1ccc(C(=O)N[C@H]2C3CC4CC2C[C@](O)(C4)C3)c1C(F)(F)F. The van der Waals surface area contributed by atoms with E-state index in [0.717, 1.165) is 23.8 Å². The lowest BCUT2D eigenvalue weighted by molar-refractivity contribution is -0.142. The molecule has 4 aliphatic carbocycles. The molecule has 2 amide bonds. The van der Waals surface area contributed by atoms with Crippen molar-refractivity contribution in [3.63, 3.8) is 0 Å². The molecule has 0 aromatic carbocycles. The maximum absolute atomic E-state index is 13.9. The third-order valence-electron chi connectivity index (χ3n) is 7.43. The van der Waals surface area contributed by atoms with Crippen molar-refractivity contribution in [3.05, 3.63) is 29.6 Å². The molecule has 0 saturated heterocycles. The van der Waals surface area contributed by atoms with Crippen LogP contribution >= 0.6 is 0 Å². The molecular weight excluding hydrogens is 423 g/mol. The van der Waals surface area contributed by atoms with Gasteiger partial charge in [-0.15, -0.1) is 0 Å². The van der Waals surface area contributed by atoms with Crippen molar-refractivity contribution in [2.45, 2.75) is 63.8 Å². The van der Waals surface area contributed by atoms with Gasteiger partial charge in [-0.1, -0.05) is 6.08 Å². The van der Waals surface area contributed by atoms with Gasteiger partial charge in [-0.3, -0.25) is 9.59 Å². The molecule has 0 radical (unpaired) electrons. The summed E-state index contributed by atoms with van der Waals surface area (Å²) in [4.78, 5) is 24.9. The van der Waals surface area contributed by atoms with Gasteiger partial charge in [-0.25, -0.2) is 0 Å². The molecule has 2 unspecified atom stereocenters. The molecule has 9 heteroatoms. The van der Waals surface area contributed by atoms with Crippen LogP contribution in [0.4, 0.5) is 13.2 Å². The van der Waals surface area contributed by atoms with Crippen molar-refractivity contribution in [3.8, 4) is 0 Å². The van der Waals surface area contributed by atoms with Gasteiger partial charge in [0.05, 0.1) is 16.6 Å². The summed E-state index contributed by atoms with van der Waals surface area (Å²) >= 11 is 0. The van der Waals surface area contributed by atoms with E-state index in [1.54, 1.807) is 13.8 Å². The third kappa shape index (κ3) is 4.07. The third-order valence-corrected chi connectivity index (χ3v) is 7.43. The number of amides is 2. The molecule has 6 nitrogen and oxygen atoms in total. The maximum atomic E-state index is 13.9. The van der Waals surface area contributed by atoms with Gasteiger partial charge in [0.1, 0.15) is 5.69 Å². The van der Waals surface area contributed by atoms with Crippen LogP contribution in [0.25, 0.3) is 6.20 Å². The molecule has 1 aromatic heterocycles. The second kappa shape index (κ2) is 7.64. The predicted molar refractivity (Wildman–Crippen MR) is 112 cm³/mol. The van der Waals surface area contributed by atoms with E-state index in [9.17, 15) is 27.9 Å². The lowest BCUT2D eigenvalue weighted by atomic mass is 9.52. The highest BCUT2D eigenvalue weighted by Crippen LogP contribution is 2.55. The van der Waals surface area contributed by atoms with E-state index < -0.39 is 34.4 Å². The highest BCUT2D eigenvalue weighted by Gasteiger charge is 2.55. The van der Waals surface area contributed by atoms with Crippen LogP contribution in [0.2, 0.25) is 0 Å². The summed E-state index contributed by atoms with van der Waals surface area (Å²) in [5, 5.41) is 16.1. The first-order valence-corrected chi connectivity index (χ1v) is 11.1. The second-order valence-corrected chi connectivity index (χ2v) is 10.3. The minimum atomic E-state index is -4.75. The lowest BCUT2D eigenvalue weighted by Gasteiger charge is -2.58. The summed E-state index contributed by atoms with van der Waals surface area (Å²) in [7, 11) is 1.46. The molecule has 4 aliphatic rings. The highest BCUT2D eigenvalue weighted by molar-refractivity contribution is 5.96. The molecule has 176 valence electrons. The van der Waals surface area contributed by atoms with Crippen molar-refractivity contribution < 1.29 is 27.9 Å². The van der Waals surface area contributed by atoms with Crippen LogP contribution in [0.15, 0.2) is 18.3 Å². The molecule has 3 N–H and O–H groups in total. The summed E-state index contributed by atoms with van der Waals surface area (Å²) in [6, 6.07) is 0.949. The number of halogens is 3. The number of nitrogens with one attached hydrogen (secondary N) is 2. The average Bonchev–Trinajstić information content (AvgIpc) is 3.12. The lowest BCUT2D eigenvalue weighted by Crippen LogP contribution is -2.61. The second-order valence-electron chi connectivity index (χ2n) is 10.3. The number of hydrogen-bond acceptors (Lipinski definition) is 3. The Labute approximate surface area is 185 Å². The van der Waals surface area contributed by atoms with Gasteiger partial charge in [0.2, 0.25) is 5.91 Å². The van der Waals surface area contributed by atoms with E-state index >= 15 is 0 Å². The molecule has 4 fully saturated rings. The quantitative estimate of drug-likeness (QED) is 0.639. The molecule has 0 spiro atoms. The van der Waals surface area contributed by atoms with Crippen LogP contribution in [-0.2, 0) is 11.0 Å². The smallest absolute Gasteiger partial charge is 0.390 e. The Morgan fingerprint density at radius 3 is 2.34 bits per heavy atom. The Kier molecular flexibility index (Phi) is 5.47. The molecule has 1 heterocycles. The van der Waals surface area contributed by atoms with Crippen LogP contribution in [0, 0.1) is 23.2 Å². The molecule has 5 rings (SSSR count). The minimum Gasteiger partial charge on any atom is -0.390 e. The van der Waals surface area contributed by atoms with E-state index in [0.29, 0.717) is 18.8 Å². The number of aromatic nitrogens is 1. The first kappa shape index (κ1) is 22.9. The van der Waals surface area contributed by atoms with Crippen molar-refractivity contribution in [1.82, 2.24) is 15.2 Å². The molecule has 1 aromatic rings. The predicted octanol–water partition coefficient (Wildman–Crippen LogP) is 3.42. The minimum absolute atomic E-state index is 0.0971. The van der Waals surface area contributed by atoms with E-state index in [2.05, 4.69) is 10.6 Å². The first-order chi connectivity index (χ1) is 14.8. The summed E-state index contributed by atoms with van der Waals surface area (Å²) in [5.41, 5.74) is -3.21. The number of carbonyl (C=O) groups excluding carboxylic acids is 2. The Bertz CT molecular complexity index is 934. The van der Waals surface area contributed by atoms with Gasteiger partial charge in [0, 0.05) is 25.5 Å². The van der Waals surface area contributed by atoms with E-state index in [4.69, 9.17) is 0 Å². The molecule has 4 bridgehead atoms. The molecule has 32 heavy (non-hydrogen) atoms. The normalized spacial score (nSPS) is 31.8. The van der Waals surface area contributed by atoms with Crippen LogP contribution < -0.4 is 10.6 Å². The number of alkyl halides is 3. The first-order valence-electron chi connectivity index (χ1n) is 11.1. The molecule has 4 saturated carbocycles. The Morgan fingerprint density at radius 1 is 1.19 bits per heavy atom. The zero-order valence-corrected chi connectivity index (χ0v) is 18.5. The van der Waals surface area contributed by atoms with E-state index in [-0.39, 0.29) is 23.8 Å². The van der Waals surface area contributed by atoms with Crippen molar-refractivity contribution >= 4 is 18.0 Å². The summed E-state index contributed by atoms with van der Waals surface area (Å²) < 4.78 is 42.6. The van der Waals surface area contributed by atoms with Crippen LogP contribution in [0.3, 0.4) is 0 Å². The Balaban J connectivity index is 1.57. The molecular formula is C23H30F3N3O3. The van der Waals surface area contributed by atoms with E-state index in [1.165, 1.54) is 31.6 Å². The van der Waals surface area contributed by atoms with Gasteiger partial charge >= 0.3 is 6.18 Å². The van der Waals surface area contributed by atoms with Crippen LogP contribution in [0.5, 0.6) is 0 Å². The van der Waals surface area contributed by atoms with Crippen molar-refractivity contribution in [1.29, 1.82) is 0 Å². The van der Waals surface area contributed by atoms with Gasteiger partial charge in [-0.2, -0.15) is 13.2 Å². The maximum Gasteiger partial charge on any atom is 0.432 e. The van der Waals surface area contributed by atoms with Crippen LogP contribution in [-0.4, -0.2) is 40.2 Å². The van der Waals surface area contributed by atoms with Gasteiger partial charge < -0.3 is 20.3 Å². The fourth-order valence-electron chi connectivity index (χ4n) is 6.16. The fraction of sp³-hybridized carbons (Fsp3) is 0.652. The number of nitrogens with zero attached hydrogens (tertiary/aromatic N) is 1. The fourth-order valence-corrected chi connectivity index (χ4v) is 6.16. The largest absolute Gasteiger partial charge is 0.432 e. The van der Waals surface area contributed by atoms with Gasteiger partial charge in [0.25, 0.3) is 5.91 Å². The average molecular weight is 454 g/mol. The highest BCUT2D eigenvalue weighted by atomic mass is 19.4. The van der Waals surface area contributed by atoms with Crippen LogP contribution in [0.1, 0.15) is 62.0 Å². The monoisotopic (exact) mass is 453 g/mol. The Morgan fingerprint density at radius 2 is 1.81 bits per heavy atom. The number of hydrogen-bond donors (Lipinski definition) is 3. The summed E-state index contributed by atoms with van der Waals surface area (Å²) in [5.74, 6) is -0.457. The number of aliphatic hydroxyl groups is 1. The number of rotatable bonds is 5. The van der Waals surface area contributed by atoms with Gasteiger partial charge in [-0.05, 0) is 69.8 Å².